The second kappa shape index (κ2) is 11.1. The Bertz CT molecular complexity index is 799. The molecular formula is C24H28F2O2S. The SMILES string of the molecule is CC(C)=CC[C@H](Sc1ccc(C)cc1)[C@@H](OC(=O)[C@@H](C)c1ccccc1)C(F)F. The van der Waals surface area contributed by atoms with E-state index in [1.165, 1.54) is 11.8 Å². The van der Waals surface area contributed by atoms with E-state index in [0.29, 0.717) is 6.42 Å². The quantitative estimate of drug-likeness (QED) is 0.255. The molecule has 2 nitrogen and oxygen atoms in total. The summed E-state index contributed by atoms with van der Waals surface area (Å²) < 4.78 is 33.3. The second-order valence-electron chi connectivity index (χ2n) is 7.35. The van der Waals surface area contributed by atoms with Crippen LogP contribution in [-0.2, 0) is 9.53 Å². The predicted octanol–water partition coefficient (Wildman–Crippen LogP) is 6.79. The van der Waals surface area contributed by atoms with Crippen molar-refractivity contribution in [2.75, 3.05) is 0 Å². The first kappa shape index (κ1) is 23.1. The topological polar surface area (TPSA) is 26.3 Å². The molecule has 2 rings (SSSR count). The van der Waals surface area contributed by atoms with Gasteiger partial charge in [0.15, 0.2) is 6.10 Å². The molecule has 0 fully saturated rings. The number of allylic oxidation sites excluding steroid dienone is 2. The van der Waals surface area contributed by atoms with Gasteiger partial charge in [-0.1, -0.05) is 59.7 Å². The zero-order valence-electron chi connectivity index (χ0n) is 17.3. The lowest BCUT2D eigenvalue weighted by Crippen LogP contribution is -2.36. The lowest BCUT2D eigenvalue weighted by atomic mass is 10.0. The van der Waals surface area contributed by atoms with Crippen molar-refractivity contribution >= 4 is 17.7 Å². The van der Waals surface area contributed by atoms with Crippen molar-refractivity contribution in [1.82, 2.24) is 0 Å². The highest BCUT2D eigenvalue weighted by Crippen LogP contribution is 2.33. The van der Waals surface area contributed by atoms with Crippen molar-refractivity contribution in [2.45, 2.75) is 62.7 Å². The van der Waals surface area contributed by atoms with Gasteiger partial charge in [0.2, 0.25) is 0 Å². The number of thioether (sulfide) groups is 1. The number of alkyl halides is 2. The summed E-state index contributed by atoms with van der Waals surface area (Å²) in [5, 5.41) is -0.584. The molecule has 0 bridgehead atoms. The molecule has 156 valence electrons. The highest BCUT2D eigenvalue weighted by Gasteiger charge is 2.35. The molecule has 0 saturated carbocycles. The van der Waals surface area contributed by atoms with E-state index in [2.05, 4.69) is 0 Å². The van der Waals surface area contributed by atoms with Crippen molar-refractivity contribution in [3.63, 3.8) is 0 Å². The van der Waals surface area contributed by atoms with Gasteiger partial charge in [0.05, 0.1) is 11.2 Å². The fourth-order valence-electron chi connectivity index (χ4n) is 2.80. The van der Waals surface area contributed by atoms with Gasteiger partial charge < -0.3 is 4.74 Å². The summed E-state index contributed by atoms with van der Waals surface area (Å²) in [6.07, 6.45) is -1.95. The summed E-state index contributed by atoms with van der Waals surface area (Å²) >= 11 is 1.32. The molecule has 2 aromatic carbocycles. The average molecular weight is 419 g/mol. The molecular weight excluding hydrogens is 390 g/mol. The Labute approximate surface area is 176 Å². The van der Waals surface area contributed by atoms with Gasteiger partial charge >= 0.3 is 5.97 Å². The summed E-state index contributed by atoms with van der Waals surface area (Å²) in [5.74, 6) is -1.24. The molecule has 5 heteroatoms. The van der Waals surface area contributed by atoms with Gasteiger partial charge in [0.25, 0.3) is 6.43 Å². The Kier molecular flexibility index (Phi) is 8.90. The fraction of sp³-hybridized carbons (Fsp3) is 0.375. The van der Waals surface area contributed by atoms with Crippen molar-refractivity contribution in [3.05, 3.63) is 77.4 Å². The second-order valence-corrected chi connectivity index (χ2v) is 8.67. The molecule has 0 aliphatic heterocycles. The summed E-state index contributed by atoms with van der Waals surface area (Å²) in [5.41, 5.74) is 2.89. The zero-order chi connectivity index (χ0) is 21.4. The number of hydrogen-bond acceptors (Lipinski definition) is 3. The fourth-order valence-corrected chi connectivity index (χ4v) is 3.94. The monoisotopic (exact) mass is 418 g/mol. The van der Waals surface area contributed by atoms with E-state index in [4.69, 9.17) is 4.74 Å². The van der Waals surface area contributed by atoms with Gasteiger partial charge in [-0.05, 0) is 51.8 Å². The number of esters is 1. The number of rotatable bonds is 9. The third-order valence-electron chi connectivity index (χ3n) is 4.59. The van der Waals surface area contributed by atoms with E-state index >= 15 is 0 Å². The Morgan fingerprint density at radius 3 is 2.24 bits per heavy atom. The molecule has 0 unspecified atom stereocenters. The number of ether oxygens (including phenoxy) is 1. The first-order valence-corrected chi connectivity index (χ1v) is 10.6. The number of carbonyl (C=O) groups is 1. The third kappa shape index (κ3) is 7.32. The number of hydrogen-bond donors (Lipinski definition) is 0. The van der Waals surface area contributed by atoms with E-state index in [0.717, 1.165) is 21.6 Å². The maximum absolute atomic E-state index is 14.0. The maximum Gasteiger partial charge on any atom is 0.313 e. The van der Waals surface area contributed by atoms with Crippen LogP contribution in [0.25, 0.3) is 0 Å². The maximum atomic E-state index is 14.0. The predicted molar refractivity (Wildman–Crippen MR) is 116 cm³/mol. The molecule has 0 aliphatic rings. The van der Waals surface area contributed by atoms with Crippen LogP contribution in [0.4, 0.5) is 8.78 Å². The number of aryl methyl sites for hydroxylation is 1. The standard InChI is InChI=1S/C24H28F2O2S/c1-16(2)10-15-21(29-20-13-11-17(3)12-14-20)22(23(25)26)28-24(27)18(4)19-8-6-5-7-9-19/h5-14,18,21-23H,15H2,1-4H3/t18-,21-,22+/m0/s1. The molecule has 2 aromatic rings. The van der Waals surface area contributed by atoms with Gasteiger partial charge in [-0.3, -0.25) is 4.79 Å². The van der Waals surface area contributed by atoms with Gasteiger partial charge in [-0.15, -0.1) is 11.8 Å². The van der Waals surface area contributed by atoms with Crippen LogP contribution in [0, 0.1) is 6.92 Å². The first-order chi connectivity index (χ1) is 13.8. The van der Waals surface area contributed by atoms with Crippen LogP contribution in [0.15, 0.2) is 71.1 Å². The minimum Gasteiger partial charge on any atom is -0.455 e. The third-order valence-corrected chi connectivity index (χ3v) is 5.89. The average Bonchev–Trinajstić information content (AvgIpc) is 2.70. The lowest BCUT2D eigenvalue weighted by molar-refractivity contribution is -0.158. The molecule has 3 atom stereocenters. The number of halogens is 2. The number of benzene rings is 2. The smallest absolute Gasteiger partial charge is 0.313 e. The van der Waals surface area contributed by atoms with E-state index < -0.39 is 29.7 Å². The van der Waals surface area contributed by atoms with Crippen LogP contribution >= 0.6 is 11.8 Å². The Hall–Kier alpha value is -2.14. The molecule has 0 saturated heterocycles. The van der Waals surface area contributed by atoms with Crippen LogP contribution < -0.4 is 0 Å². The van der Waals surface area contributed by atoms with E-state index in [-0.39, 0.29) is 0 Å². The van der Waals surface area contributed by atoms with Crippen LogP contribution in [-0.4, -0.2) is 23.7 Å². The van der Waals surface area contributed by atoms with Crippen molar-refractivity contribution < 1.29 is 18.3 Å². The lowest BCUT2D eigenvalue weighted by Gasteiger charge is -2.27. The van der Waals surface area contributed by atoms with Crippen molar-refractivity contribution in [3.8, 4) is 0 Å². The molecule has 0 radical (unpaired) electrons. The van der Waals surface area contributed by atoms with Gasteiger partial charge in [0, 0.05) is 4.90 Å². The number of carbonyl (C=O) groups excluding carboxylic acids is 1. The van der Waals surface area contributed by atoms with E-state index in [9.17, 15) is 13.6 Å². The van der Waals surface area contributed by atoms with Crippen LogP contribution in [0.3, 0.4) is 0 Å². The van der Waals surface area contributed by atoms with Crippen molar-refractivity contribution in [2.24, 2.45) is 0 Å². The van der Waals surface area contributed by atoms with Gasteiger partial charge in [-0.2, -0.15) is 0 Å². The first-order valence-electron chi connectivity index (χ1n) is 9.68. The summed E-state index contributed by atoms with van der Waals surface area (Å²) in [4.78, 5) is 13.5. The summed E-state index contributed by atoms with van der Waals surface area (Å²) in [6, 6.07) is 16.8. The Morgan fingerprint density at radius 1 is 1.07 bits per heavy atom. The molecule has 0 amide bonds. The van der Waals surface area contributed by atoms with Gasteiger partial charge in [0.1, 0.15) is 0 Å². The zero-order valence-corrected chi connectivity index (χ0v) is 18.1. The van der Waals surface area contributed by atoms with E-state index in [1.807, 2.05) is 69.3 Å². The molecule has 0 aromatic heterocycles. The minimum absolute atomic E-state index is 0.392. The molecule has 0 spiro atoms. The van der Waals surface area contributed by atoms with E-state index in [1.54, 1.807) is 19.1 Å². The summed E-state index contributed by atoms with van der Waals surface area (Å²) in [7, 11) is 0. The normalized spacial score (nSPS) is 14.2. The highest BCUT2D eigenvalue weighted by molar-refractivity contribution is 8.00. The molecule has 0 heterocycles. The Balaban J connectivity index is 2.21. The largest absolute Gasteiger partial charge is 0.455 e. The molecule has 0 N–H and O–H groups in total. The van der Waals surface area contributed by atoms with Crippen LogP contribution in [0.1, 0.15) is 44.2 Å². The van der Waals surface area contributed by atoms with Crippen LogP contribution in [0.5, 0.6) is 0 Å². The highest BCUT2D eigenvalue weighted by atomic mass is 32.2. The Morgan fingerprint density at radius 2 is 1.69 bits per heavy atom. The summed E-state index contributed by atoms with van der Waals surface area (Å²) in [6.45, 7) is 7.51. The van der Waals surface area contributed by atoms with Crippen LogP contribution in [0.2, 0.25) is 0 Å². The van der Waals surface area contributed by atoms with Gasteiger partial charge in [-0.25, -0.2) is 8.78 Å². The molecule has 29 heavy (non-hydrogen) atoms. The molecule has 0 aliphatic carbocycles. The van der Waals surface area contributed by atoms with Crippen molar-refractivity contribution in [1.29, 1.82) is 0 Å². The minimum atomic E-state index is -2.77.